The van der Waals surface area contributed by atoms with Crippen LogP contribution >= 0.6 is 23.4 Å². The summed E-state index contributed by atoms with van der Waals surface area (Å²) in [5.41, 5.74) is 7.00. The number of aliphatic hydroxyl groups excluding tert-OH is 1. The summed E-state index contributed by atoms with van der Waals surface area (Å²) in [4.78, 5) is 9.09. The Labute approximate surface area is 125 Å². The number of aromatic nitrogens is 2. The van der Waals surface area contributed by atoms with Gasteiger partial charge >= 0.3 is 0 Å². The van der Waals surface area contributed by atoms with E-state index in [2.05, 4.69) is 16.0 Å². The van der Waals surface area contributed by atoms with Gasteiger partial charge in [0.2, 0.25) is 0 Å². The van der Waals surface area contributed by atoms with Gasteiger partial charge in [-0.1, -0.05) is 29.4 Å². The Bertz CT molecular complexity index is 700. The molecule has 0 aliphatic rings. The highest BCUT2D eigenvalue weighted by molar-refractivity contribution is 7.99. The van der Waals surface area contributed by atoms with Crippen LogP contribution in [0.4, 0.5) is 5.82 Å². The Balaban J connectivity index is 2.46. The number of nitriles is 1. The maximum atomic E-state index is 9.18. The molecule has 0 unspecified atom stereocenters. The van der Waals surface area contributed by atoms with Gasteiger partial charge in [0.15, 0.2) is 0 Å². The predicted molar refractivity (Wildman–Crippen MR) is 77.4 cm³/mol. The minimum absolute atomic E-state index is 0.209. The summed E-state index contributed by atoms with van der Waals surface area (Å²) in [5.74, 6) is 0.209. The number of nitrogens with zero attached hydrogens (tertiary/aromatic N) is 3. The standard InChI is InChI=1S/C13H11ClN4OS/c1-7-13(18-10(6-19)12(16)17-7)20-11-4-2-3-9(14)8(11)5-15/h2-4,19H,6H2,1H3,(H2,16,17). The molecule has 0 fully saturated rings. The van der Waals surface area contributed by atoms with Crippen molar-refractivity contribution in [3.63, 3.8) is 0 Å². The minimum atomic E-state index is -0.284. The highest BCUT2D eigenvalue weighted by atomic mass is 35.5. The second-order valence-electron chi connectivity index (χ2n) is 3.93. The molecule has 0 aliphatic carbocycles. The lowest BCUT2D eigenvalue weighted by Crippen LogP contribution is -2.04. The summed E-state index contributed by atoms with van der Waals surface area (Å²) in [5, 5.41) is 19.3. The van der Waals surface area contributed by atoms with E-state index < -0.39 is 0 Å². The van der Waals surface area contributed by atoms with Gasteiger partial charge < -0.3 is 10.8 Å². The molecule has 5 nitrogen and oxygen atoms in total. The van der Waals surface area contributed by atoms with E-state index in [4.69, 9.17) is 22.6 Å². The van der Waals surface area contributed by atoms with Crippen LogP contribution in [-0.2, 0) is 6.61 Å². The SMILES string of the molecule is Cc1nc(N)c(CO)nc1Sc1cccc(Cl)c1C#N. The summed E-state index contributed by atoms with van der Waals surface area (Å²) in [6, 6.07) is 7.27. The van der Waals surface area contributed by atoms with E-state index in [-0.39, 0.29) is 12.4 Å². The molecule has 2 rings (SSSR count). The monoisotopic (exact) mass is 306 g/mol. The lowest BCUT2D eigenvalue weighted by Gasteiger charge is -2.09. The molecule has 3 N–H and O–H groups in total. The summed E-state index contributed by atoms with van der Waals surface area (Å²) in [6.07, 6.45) is 0. The van der Waals surface area contributed by atoms with E-state index in [1.165, 1.54) is 11.8 Å². The zero-order valence-electron chi connectivity index (χ0n) is 10.6. The molecule has 0 amide bonds. The smallest absolute Gasteiger partial charge is 0.147 e. The largest absolute Gasteiger partial charge is 0.390 e. The van der Waals surface area contributed by atoms with Gasteiger partial charge in [0.25, 0.3) is 0 Å². The van der Waals surface area contributed by atoms with E-state index in [0.29, 0.717) is 31.9 Å². The van der Waals surface area contributed by atoms with Gasteiger partial charge in [-0.15, -0.1) is 0 Å². The highest BCUT2D eigenvalue weighted by Crippen LogP contribution is 2.34. The average Bonchev–Trinajstić information content (AvgIpc) is 2.42. The topological polar surface area (TPSA) is 95.8 Å². The van der Waals surface area contributed by atoms with Crippen molar-refractivity contribution >= 4 is 29.2 Å². The molecule has 7 heteroatoms. The molecule has 1 heterocycles. The van der Waals surface area contributed by atoms with Crippen molar-refractivity contribution in [3.8, 4) is 6.07 Å². The molecule has 0 saturated carbocycles. The van der Waals surface area contributed by atoms with Crippen molar-refractivity contribution in [1.29, 1.82) is 5.26 Å². The molecule has 1 aromatic heterocycles. The number of benzene rings is 1. The first-order chi connectivity index (χ1) is 9.56. The van der Waals surface area contributed by atoms with Crippen LogP contribution in [0.2, 0.25) is 5.02 Å². The Morgan fingerprint density at radius 2 is 2.20 bits per heavy atom. The lowest BCUT2D eigenvalue weighted by molar-refractivity contribution is 0.276. The zero-order chi connectivity index (χ0) is 14.7. The lowest BCUT2D eigenvalue weighted by atomic mass is 10.2. The summed E-state index contributed by atoms with van der Waals surface area (Å²) in [7, 11) is 0. The fraction of sp³-hybridized carbons (Fsp3) is 0.154. The summed E-state index contributed by atoms with van der Waals surface area (Å²) >= 11 is 7.26. The Morgan fingerprint density at radius 3 is 2.85 bits per heavy atom. The van der Waals surface area contributed by atoms with Crippen LogP contribution in [0.1, 0.15) is 17.0 Å². The van der Waals surface area contributed by atoms with E-state index in [1.54, 1.807) is 25.1 Å². The molecule has 1 aromatic carbocycles. The van der Waals surface area contributed by atoms with Crippen LogP contribution in [0.25, 0.3) is 0 Å². The molecule has 0 spiro atoms. The van der Waals surface area contributed by atoms with Crippen LogP contribution in [0.15, 0.2) is 28.1 Å². The van der Waals surface area contributed by atoms with Gasteiger partial charge in [0.05, 0.1) is 22.9 Å². The minimum Gasteiger partial charge on any atom is -0.390 e. The van der Waals surface area contributed by atoms with Gasteiger partial charge in [-0.2, -0.15) is 5.26 Å². The van der Waals surface area contributed by atoms with Crippen molar-refractivity contribution in [3.05, 3.63) is 40.2 Å². The number of nitrogen functional groups attached to an aromatic ring is 1. The molecule has 20 heavy (non-hydrogen) atoms. The average molecular weight is 307 g/mol. The summed E-state index contributed by atoms with van der Waals surface area (Å²) in [6.45, 7) is 1.48. The van der Waals surface area contributed by atoms with Crippen LogP contribution in [-0.4, -0.2) is 15.1 Å². The van der Waals surface area contributed by atoms with E-state index in [9.17, 15) is 5.11 Å². The molecule has 0 saturated heterocycles. The molecular formula is C13H11ClN4OS. The van der Waals surface area contributed by atoms with Gasteiger partial charge in [0.1, 0.15) is 22.6 Å². The molecule has 2 aromatic rings. The number of aliphatic hydroxyl groups is 1. The quantitative estimate of drug-likeness (QED) is 0.904. The molecule has 0 atom stereocenters. The van der Waals surface area contributed by atoms with Crippen molar-refractivity contribution in [2.75, 3.05) is 5.73 Å². The number of nitrogens with two attached hydrogens (primary N) is 1. The Hall–Kier alpha value is -1.81. The first-order valence-electron chi connectivity index (χ1n) is 5.67. The third kappa shape index (κ3) is 2.85. The Kier molecular flexibility index (Phi) is 4.45. The van der Waals surface area contributed by atoms with Crippen LogP contribution in [0, 0.1) is 18.3 Å². The number of rotatable bonds is 3. The number of hydrogen-bond acceptors (Lipinski definition) is 6. The molecule has 0 bridgehead atoms. The maximum absolute atomic E-state index is 9.18. The zero-order valence-corrected chi connectivity index (χ0v) is 12.2. The van der Waals surface area contributed by atoms with Crippen molar-refractivity contribution < 1.29 is 5.11 Å². The second kappa shape index (κ2) is 6.09. The summed E-state index contributed by atoms with van der Waals surface area (Å²) < 4.78 is 0. The van der Waals surface area contributed by atoms with Crippen LogP contribution in [0.3, 0.4) is 0 Å². The van der Waals surface area contributed by atoms with E-state index >= 15 is 0 Å². The first kappa shape index (κ1) is 14.6. The number of hydrogen-bond donors (Lipinski definition) is 2. The number of halogens is 1. The van der Waals surface area contributed by atoms with Crippen LogP contribution in [0.5, 0.6) is 0 Å². The third-order valence-electron chi connectivity index (χ3n) is 2.57. The van der Waals surface area contributed by atoms with Crippen molar-refractivity contribution in [1.82, 2.24) is 9.97 Å². The molecule has 102 valence electrons. The number of anilines is 1. The highest BCUT2D eigenvalue weighted by Gasteiger charge is 2.13. The molecular weight excluding hydrogens is 296 g/mol. The van der Waals surface area contributed by atoms with E-state index in [0.717, 1.165) is 0 Å². The van der Waals surface area contributed by atoms with Gasteiger partial charge in [-0.3, -0.25) is 0 Å². The van der Waals surface area contributed by atoms with E-state index in [1.807, 2.05) is 0 Å². The third-order valence-corrected chi connectivity index (χ3v) is 4.03. The fourth-order valence-electron chi connectivity index (χ4n) is 1.57. The molecule has 0 radical (unpaired) electrons. The van der Waals surface area contributed by atoms with Gasteiger partial charge in [-0.25, -0.2) is 9.97 Å². The normalized spacial score (nSPS) is 10.3. The maximum Gasteiger partial charge on any atom is 0.147 e. The van der Waals surface area contributed by atoms with Gasteiger partial charge in [-0.05, 0) is 19.1 Å². The van der Waals surface area contributed by atoms with Crippen molar-refractivity contribution in [2.45, 2.75) is 23.5 Å². The van der Waals surface area contributed by atoms with Crippen LogP contribution < -0.4 is 5.73 Å². The van der Waals surface area contributed by atoms with Crippen molar-refractivity contribution in [2.24, 2.45) is 0 Å². The molecule has 0 aliphatic heterocycles. The predicted octanol–water partition coefficient (Wildman–Crippen LogP) is 2.54. The second-order valence-corrected chi connectivity index (χ2v) is 5.37. The number of aryl methyl sites for hydroxylation is 1. The van der Waals surface area contributed by atoms with Gasteiger partial charge in [0, 0.05) is 4.90 Å². The first-order valence-corrected chi connectivity index (χ1v) is 6.86. The fourth-order valence-corrected chi connectivity index (χ4v) is 2.80. The Morgan fingerprint density at radius 1 is 1.45 bits per heavy atom.